The minimum absolute atomic E-state index is 0.382. The fraction of sp³-hybridized carbons (Fsp3) is 0.500. The molecular weight excluding hydrogens is 246 g/mol. The molecule has 1 aliphatic carbocycles. The van der Waals surface area contributed by atoms with E-state index in [0.29, 0.717) is 12.0 Å². The fourth-order valence-electron chi connectivity index (χ4n) is 2.23. The molecule has 1 saturated carbocycles. The summed E-state index contributed by atoms with van der Waals surface area (Å²) in [4.78, 5) is 4.57. The Morgan fingerprint density at radius 3 is 2.60 bits per heavy atom. The van der Waals surface area contributed by atoms with E-state index in [1.165, 1.54) is 30.4 Å². The largest absolute Gasteiger partial charge is 0.488 e. The molecular formula is C18H25NO. The fourth-order valence-corrected chi connectivity index (χ4v) is 2.23. The van der Waals surface area contributed by atoms with Crippen LogP contribution in [0.25, 0.3) is 0 Å². The van der Waals surface area contributed by atoms with Gasteiger partial charge >= 0.3 is 0 Å². The zero-order valence-electron chi connectivity index (χ0n) is 13.0. The van der Waals surface area contributed by atoms with E-state index in [0.717, 1.165) is 11.4 Å². The van der Waals surface area contributed by atoms with Gasteiger partial charge in [-0.3, -0.25) is 4.99 Å². The molecule has 20 heavy (non-hydrogen) atoms. The Labute approximate surface area is 122 Å². The molecule has 1 aromatic rings. The normalized spacial score (nSPS) is 16.2. The molecule has 0 aliphatic heterocycles. The second-order valence-electron chi connectivity index (χ2n) is 5.81. The summed E-state index contributed by atoms with van der Waals surface area (Å²) >= 11 is 0. The van der Waals surface area contributed by atoms with Gasteiger partial charge < -0.3 is 4.74 Å². The molecule has 1 aromatic carbocycles. The Hall–Kier alpha value is -1.57. The first-order chi connectivity index (χ1) is 9.61. The van der Waals surface area contributed by atoms with Crippen molar-refractivity contribution in [3.8, 4) is 5.75 Å². The molecule has 0 heterocycles. The van der Waals surface area contributed by atoms with Crippen molar-refractivity contribution in [2.24, 2.45) is 4.99 Å². The van der Waals surface area contributed by atoms with Crippen LogP contribution in [-0.2, 0) is 0 Å². The van der Waals surface area contributed by atoms with Crippen molar-refractivity contribution in [2.75, 3.05) is 0 Å². The lowest BCUT2D eigenvalue weighted by Crippen LogP contribution is -2.24. The van der Waals surface area contributed by atoms with Gasteiger partial charge in [0.1, 0.15) is 11.4 Å². The van der Waals surface area contributed by atoms with Crippen LogP contribution in [0.3, 0.4) is 0 Å². The lowest BCUT2D eigenvalue weighted by molar-refractivity contribution is 0.121. The average molecular weight is 271 g/mol. The van der Waals surface area contributed by atoms with Crippen LogP contribution in [0.2, 0.25) is 0 Å². The first-order valence-corrected chi connectivity index (χ1v) is 7.58. The third kappa shape index (κ3) is 3.50. The van der Waals surface area contributed by atoms with Gasteiger partial charge in [-0.2, -0.15) is 0 Å². The maximum absolute atomic E-state index is 6.15. The number of aliphatic imine (C=N–C) groups is 1. The van der Waals surface area contributed by atoms with Crippen LogP contribution >= 0.6 is 0 Å². The maximum Gasteiger partial charge on any atom is 0.145 e. The summed E-state index contributed by atoms with van der Waals surface area (Å²) in [6, 6.07) is 4.39. The molecule has 2 rings (SSSR count). The van der Waals surface area contributed by atoms with E-state index in [1.54, 1.807) is 0 Å². The SMILES string of the molecule is C/C=C/C=N\c1c(C)cc(C(C)C)cc1OC1CCC1. The van der Waals surface area contributed by atoms with Crippen molar-refractivity contribution < 1.29 is 4.74 Å². The molecule has 0 atom stereocenters. The van der Waals surface area contributed by atoms with Gasteiger partial charge in [-0.1, -0.05) is 26.0 Å². The Balaban J connectivity index is 2.35. The highest BCUT2D eigenvalue weighted by Crippen LogP contribution is 2.37. The van der Waals surface area contributed by atoms with Crippen molar-refractivity contribution in [1.82, 2.24) is 0 Å². The number of ether oxygens (including phenoxy) is 1. The lowest BCUT2D eigenvalue weighted by atomic mass is 9.95. The number of allylic oxidation sites excluding steroid dienone is 2. The first-order valence-electron chi connectivity index (χ1n) is 7.58. The van der Waals surface area contributed by atoms with E-state index in [9.17, 15) is 0 Å². The molecule has 0 unspecified atom stereocenters. The van der Waals surface area contributed by atoms with Gasteiger partial charge in [0.15, 0.2) is 0 Å². The summed E-state index contributed by atoms with van der Waals surface area (Å²) in [6.45, 7) is 8.53. The van der Waals surface area contributed by atoms with Crippen molar-refractivity contribution >= 4 is 11.9 Å². The summed E-state index contributed by atoms with van der Waals surface area (Å²) in [7, 11) is 0. The molecule has 1 fully saturated rings. The highest BCUT2D eigenvalue weighted by Gasteiger charge is 2.21. The van der Waals surface area contributed by atoms with E-state index in [4.69, 9.17) is 4.74 Å². The number of hydrogen-bond acceptors (Lipinski definition) is 2. The second kappa shape index (κ2) is 6.74. The Bertz CT molecular complexity index is 510. The Morgan fingerprint density at radius 1 is 1.30 bits per heavy atom. The number of nitrogens with zero attached hydrogens (tertiary/aromatic N) is 1. The summed E-state index contributed by atoms with van der Waals surface area (Å²) in [5.41, 5.74) is 3.48. The van der Waals surface area contributed by atoms with E-state index in [1.807, 2.05) is 25.3 Å². The zero-order chi connectivity index (χ0) is 14.5. The molecule has 2 heteroatoms. The van der Waals surface area contributed by atoms with Gasteiger partial charge in [0.2, 0.25) is 0 Å². The molecule has 0 saturated heterocycles. The number of aryl methyl sites for hydroxylation is 1. The van der Waals surface area contributed by atoms with E-state index >= 15 is 0 Å². The van der Waals surface area contributed by atoms with Gasteiger partial charge in [0.05, 0.1) is 6.10 Å². The number of rotatable bonds is 5. The molecule has 0 radical (unpaired) electrons. The van der Waals surface area contributed by atoms with Crippen LogP contribution in [0.4, 0.5) is 5.69 Å². The topological polar surface area (TPSA) is 21.6 Å². The minimum atomic E-state index is 0.382. The Morgan fingerprint density at radius 2 is 2.05 bits per heavy atom. The maximum atomic E-state index is 6.15. The monoisotopic (exact) mass is 271 g/mol. The van der Waals surface area contributed by atoms with Crippen LogP contribution < -0.4 is 4.74 Å². The summed E-state index contributed by atoms with van der Waals surface area (Å²) in [5, 5.41) is 0. The van der Waals surface area contributed by atoms with Crippen molar-refractivity contribution in [2.45, 2.75) is 59.0 Å². The van der Waals surface area contributed by atoms with Crippen LogP contribution in [0.5, 0.6) is 5.75 Å². The van der Waals surface area contributed by atoms with Crippen molar-refractivity contribution in [1.29, 1.82) is 0 Å². The molecule has 0 N–H and O–H groups in total. The zero-order valence-corrected chi connectivity index (χ0v) is 13.0. The third-order valence-corrected chi connectivity index (χ3v) is 3.78. The predicted molar refractivity (Wildman–Crippen MR) is 86.5 cm³/mol. The summed E-state index contributed by atoms with van der Waals surface area (Å²) < 4.78 is 6.15. The van der Waals surface area contributed by atoms with Crippen LogP contribution in [0.15, 0.2) is 29.3 Å². The lowest BCUT2D eigenvalue weighted by Gasteiger charge is -2.28. The number of hydrogen-bond donors (Lipinski definition) is 0. The smallest absolute Gasteiger partial charge is 0.145 e. The van der Waals surface area contributed by atoms with Gasteiger partial charge in [-0.05, 0) is 62.3 Å². The predicted octanol–water partition coefficient (Wildman–Crippen LogP) is 5.33. The minimum Gasteiger partial charge on any atom is -0.488 e. The van der Waals surface area contributed by atoms with E-state index in [-0.39, 0.29) is 0 Å². The number of benzene rings is 1. The average Bonchev–Trinajstić information content (AvgIpc) is 2.36. The van der Waals surface area contributed by atoms with E-state index < -0.39 is 0 Å². The van der Waals surface area contributed by atoms with Crippen molar-refractivity contribution in [3.63, 3.8) is 0 Å². The van der Waals surface area contributed by atoms with E-state index in [2.05, 4.69) is 37.9 Å². The molecule has 0 bridgehead atoms. The van der Waals surface area contributed by atoms with Crippen LogP contribution in [0, 0.1) is 6.92 Å². The molecule has 0 aromatic heterocycles. The molecule has 0 spiro atoms. The summed E-state index contributed by atoms with van der Waals surface area (Å²) in [6.07, 6.45) is 9.77. The third-order valence-electron chi connectivity index (χ3n) is 3.78. The Kier molecular flexibility index (Phi) is 4.99. The molecule has 1 aliphatic rings. The first kappa shape index (κ1) is 14.8. The van der Waals surface area contributed by atoms with Gasteiger partial charge in [-0.15, -0.1) is 0 Å². The molecule has 0 amide bonds. The van der Waals surface area contributed by atoms with Crippen LogP contribution in [0.1, 0.15) is 57.1 Å². The quantitative estimate of drug-likeness (QED) is 0.663. The van der Waals surface area contributed by atoms with Crippen molar-refractivity contribution in [3.05, 3.63) is 35.4 Å². The van der Waals surface area contributed by atoms with Gasteiger partial charge in [0.25, 0.3) is 0 Å². The molecule has 2 nitrogen and oxygen atoms in total. The summed E-state index contributed by atoms with van der Waals surface area (Å²) in [5.74, 6) is 1.45. The highest BCUT2D eigenvalue weighted by molar-refractivity contribution is 5.77. The van der Waals surface area contributed by atoms with Gasteiger partial charge in [-0.25, -0.2) is 0 Å². The molecule has 108 valence electrons. The van der Waals surface area contributed by atoms with Gasteiger partial charge in [0, 0.05) is 6.21 Å². The standard InChI is InChI=1S/C18H25NO/c1-5-6-10-19-18-14(4)11-15(13(2)3)12-17(18)20-16-8-7-9-16/h5-6,10-13,16H,7-9H2,1-4H3/b6-5+,19-10-. The second-order valence-corrected chi connectivity index (χ2v) is 5.81. The highest BCUT2D eigenvalue weighted by atomic mass is 16.5. The van der Waals surface area contributed by atoms with Crippen LogP contribution in [-0.4, -0.2) is 12.3 Å².